The third-order valence-corrected chi connectivity index (χ3v) is 4.50. The molecule has 0 unspecified atom stereocenters. The van der Waals surface area contributed by atoms with E-state index >= 15 is 0 Å². The van der Waals surface area contributed by atoms with Crippen LogP contribution in [0.5, 0.6) is 0 Å². The smallest absolute Gasteiger partial charge is 0.289 e. The fourth-order valence-corrected chi connectivity index (χ4v) is 3.05. The highest BCUT2D eigenvalue weighted by Crippen LogP contribution is 2.30. The second-order valence-electron chi connectivity index (χ2n) is 5.87. The molecule has 6 nitrogen and oxygen atoms in total. The molecule has 1 aliphatic heterocycles. The molecule has 0 saturated carbocycles. The number of carbonyl (C=O) groups is 2. The summed E-state index contributed by atoms with van der Waals surface area (Å²) in [5, 5.41) is 10.7. The van der Waals surface area contributed by atoms with Crippen LogP contribution in [0.1, 0.15) is 23.4 Å². The Labute approximate surface area is 143 Å². The first-order valence-corrected chi connectivity index (χ1v) is 7.95. The molecule has 0 spiro atoms. The first-order chi connectivity index (χ1) is 11.4. The Hall–Kier alpha value is -2.31. The molecule has 0 aliphatic carbocycles. The number of furan rings is 1. The fraction of sp³-hybridized carbons (Fsp3) is 0.294. The predicted molar refractivity (Wildman–Crippen MR) is 88.4 cm³/mol. The summed E-state index contributed by atoms with van der Waals surface area (Å²) >= 11 is 6.13. The Kier molecular flexibility index (Phi) is 4.34. The van der Waals surface area contributed by atoms with Gasteiger partial charge in [0.25, 0.3) is 11.8 Å². The quantitative estimate of drug-likeness (QED) is 0.887. The number of halogens is 1. The van der Waals surface area contributed by atoms with Crippen LogP contribution in [-0.4, -0.2) is 40.5 Å². The average Bonchev–Trinajstić information content (AvgIpc) is 3.04. The van der Waals surface area contributed by atoms with Crippen LogP contribution in [-0.2, 0) is 4.79 Å². The number of hydrogen-bond acceptors (Lipinski definition) is 4. The van der Waals surface area contributed by atoms with E-state index in [-0.39, 0.29) is 18.7 Å². The molecule has 1 aliphatic rings. The Morgan fingerprint density at radius 1 is 1.25 bits per heavy atom. The maximum Gasteiger partial charge on any atom is 0.289 e. The minimum atomic E-state index is -1.69. The van der Waals surface area contributed by atoms with E-state index in [0.29, 0.717) is 29.3 Å². The van der Waals surface area contributed by atoms with Crippen LogP contribution in [0.15, 0.2) is 40.8 Å². The molecule has 0 radical (unpaired) electrons. The molecule has 1 fully saturated rings. The molecule has 2 heterocycles. The van der Waals surface area contributed by atoms with Gasteiger partial charge in [-0.25, -0.2) is 0 Å². The van der Waals surface area contributed by atoms with Gasteiger partial charge in [0, 0.05) is 12.1 Å². The van der Waals surface area contributed by atoms with Gasteiger partial charge in [0.05, 0.1) is 11.6 Å². The molecule has 2 amide bonds. The van der Waals surface area contributed by atoms with Crippen molar-refractivity contribution in [2.45, 2.75) is 18.4 Å². The number of benzene rings is 1. The number of β-amino-alcohol motifs (C(OH)–C–C–N with tert-alkyl or cyclic N) is 1. The highest BCUT2D eigenvalue weighted by molar-refractivity contribution is 6.33. The fourth-order valence-electron chi connectivity index (χ4n) is 2.83. The number of likely N-dealkylation sites (tertiary alicyclic amines) is 1. The van der Waals surface area contributed by atoms with E-state index in [9.17, 15) is 14.7 Å². The maximum absolute atomic E-state index is 12.6. The lowest BCUT2D eigenvalue weighted by Crippen LogP contribution is -2.57. The molecule has 126 valence electrons. The van der Waals surface area contributed by atoms with Gasteiger partial charge in [-0.1, -0.05) is 23.7 Å². The van der Waals surface area contributed by atoms with Gasteiger partial charge in [0.1, 0.15) is 5.76 Å². The van der Waals surface area contributed by atoms with Crippen molar-refractivity contribution in [3.05, 3.63) is 47.2 Å². The Bertz CT molecular complexity index is 788. The number of aliphatic hydroxyl groups is 1. The molecule has 7 heteroatoms. The Balaban J connectivity index is 1.81. The summed E-state index contributed by atoms with van der Waals surface area (Å²) in [4.78, 5) is 25.4. The monoisotopic (exact) mass is 348 g/mol. The zero-order valence-electron chi connectivity index (χ0n) is 12.9. The SMILES string of the molecule is NC(=O)[C@@]1(O)CCCN(C(=O)c2ccc(-c3ccccc3Cl)o2)C1. The van der Waals surface area contributed by atoms with Gasteiger partial charge < -0.3 is 20.2 Å². The third kappa shape index (κ3) is 3.02. The molecule has 0 bridgehead atoms. The maximum atomic E-state index is 12.6. The van der Waals surface area contributed by atoms with Gasteiger partial charge in [0.15, 0.2) is 11.4 Å². The molecule has 1 atom stereocenters. The van der Waals surface area contributed by atoms with Crippen LogP contribution in [0.4, 0.5) is 0 Å². The molecular formula is C17H17ClN2O4. The summed E-state index contributed by atoms with van der Waals surface area (Å²) in [5.41, 5.74) is 4.23. The summed E-state index contributed by atoms with van der Waals surface area (Å²) in [7, 11) is 0. The van der Waals surface area contributed by atoms with E-state index in [1.165, 1.54) is 4.90 Å². The van der Waals surface area contributed by atoms with E-state index in [1.807, 2.05) is 6.07 Å². The van der Waals surface area contributed by atoms with Crippen LogP contribution in [0.2, 0.25) is 5.02 Å². The van der Waals surface area contributed by atoms with Crippen molar-refractivity contribution < 1.29 is 19.1 Å². The molecule has 1 aromatic heterocycles. The molecule has 2 aromatic rings. The van der Waals surface area contributed by atoms with Crippen LogP contribution in [0.25, 0.3) is 11.3 Å². The van der Waals surface area contributed by atoms with Crippen molar-refractivity contribution >= 4 is 23.4 Å². The van der Waals surface area contributed by atoms with E-state index < -0.39 is 17.4 Å². The summed E-state index contributed by atoms with van der Waals surface area (Å²) in [5.74, 6) is -0.617. The van der Waals surface area contributed by atoms with Crippen molar-refractivity contribution in [3.63, 3.8) is 0 Å². The van der Waals surface area contributed by atoms with Gasteiger partial charge in [0.2, 0.25) is 0 Å². The van der Waals surface area contributed by atoms with Crippen molar-refractivity contribution in [3.8, 4) is 11.3 Å². The van der Waals surface area contributed by atoms with E-state index in [0.717, 1.165) is 0 Å². The standard InChI is InChI=1S/C17H17ClN2O4/c18-12-5-2-1-4-11(12)13-6-7-14(24-13)15(21)20-9-3-8-17(23,10-20)16(19)22/h1-2,4-7,23H,3,8-10H2,(H2,19,22)/t17-/m1/s1. The molecule has 24 heavy (non-hydrogen) atoms. The first-order valence-electron chi connectivity index (χ1n) is 7.57. The first kappa shape index (κ1) is 16.5. The number of primary amides is 1. The largest absolute Gasteiger partial charge is 0.451 e. The highest BCUT2D eigenvalue weighted by Gasteiger charge is 2.40. The predicted octanol–water partition coefficient (Wildman–Crippen LogP) is 2.05. The highest BCUT2D eigenvalue weighted by atomic mass is 35.5. The van der Waals surface area contributed by atoms with Crippen LogP contribution < -0.4 is 5.73 Å². The minimum absolute atomic E-state index is 0.124. The van der Waals surface area contributed by atoms with Crippen LogP contribution in [0.3, 0.4) is 0 Å². The number of carbonyl (C=O) groups excluding carboxylic acids is 2. The van der Waals surface area contributed by atoms with E-state index in [2.05, 4.69) is 0 Å². The van der Waals surface area contributed by atoms with Gasteiger partial charge in [-0.15, -0.1) is 0 Å². The number of nitrogens with zero attached hydrogens (tertiary/aromatic N) is 1. The molecule has 1 saturated heterocycles. The molecule has 3 N–H and O–H groups in total. The third-order valence-electron chi connectivity index (χ3n) is 4.17. The van der Waals surface area contributed by atoms with Gasteiger partial charge in [-0.3, -0.25) is 9.59 Å². The summed E-state index contributed by atoms with van der Waals surface area (Å²) in [6.45, 7) is 0.292. The number of piperidine rings is 1. The van der Waals surface area contributed by atoms with E-state index in [1.54, 1.807) is 30.3 Å². The van der Waals surface area contributed by atoms with Crippen molar-refractivity contribution in [1.82, 2.24) is 4.90 Å². The normalized spacial score (nSPS) is 20.8. The summed E-state index contributed by atoms with van der Waals surface area (Å²) < 4.78 is 5.62. The molecule has 3 rings (SSSR count). The lowest BCUT2D eigenvalue weighted by molar-refractivity contribution is -0.140. The summed E-state index contributed by atoms with van der Waals surface area (Å²) in [6.07, 6.45) is 0.735. The van der Waals surface area contributed by atoms with Gasteiger partial charge in [-0.2, -0.15) is 0 Å². The number of nitrogens with two attached hydrogens (primary N) is 1. The minimum Gasteiger partial charge on any atom is -0.451 e. The number of rotatable bonds is 3. The molecule has 1 aromatic carbocycles. The average molecular weight is 349 g/mol. The number of hydrogen-bond donors (Lipinski definition) is 2. The van der Waals surface area contributed by atoms with Crippen LogP contribution in [0, 0.1) is 0 Å². The zero-order valence-corrected chi connectivity index (χ0v) is 13.6. The van der Waals surface area contributed by atoms with Crippen molar-refractivity contribution in [2.75, 3.05) is 13.1 Å². The van der Waals surface area contributed by atoms with Gasteiger partial charge >= 0.3 is 0 Å². The number of amides is 2. The van der Waals surface area contributed by atoms with Crippen LogP contribution >= 0.6 is 11.6 Å². The topological polar surface area (TPSA) is 96.8 Å². The van der Waals surface area contributed by atoms with Gasteiger partial charge in [-0.05, 0) is 37.1 Å². The second kappa shape index (κ2) is 6.30. The second-order valence-corrected chi connectivity index (χ2v) is 6.28. The van der Waals surface area contributed by atoms with Crippen molar-refractivity contribution in [2.24, 2.45) is 5.73 Å². The Morgan fingerprint density at radius 2 is 2.00 bits per heavy atom. The summed E-state index contributed by atoms with van der Waals surface area (Å²) in [6, 6.07) is 10.4. The zero-order chi connectivity index (χ0) is 17.3. The Morgan fingerprint density at radius 3 is 2.71 bits per heavy atom. The lowest BCUT2D eigenvalue weighted by Gasteiger charge is -2.36. The van der Waals surface area contributed by atoms with Crippen molar-refractivity contribution in [1.29, 1.82) is 0 Å². The van der Waals surface area contributed by atoms with E-state index in [4.69, 9.17) is 21.8 Å². The molecular weight excluding hydrogens is 332 g/mol. The lowest BCUT2D eigenvalue weighted by atomic mass is 9.92.